The average molecular weight is 234 g/mol. The minimum absolute atomic E-state index is 0.0810. The van der Waals surface area contributed by atoms with Crippen LogP contribution in [0.15, 0.2) is 48.5 Å². The Hall–Kier alpha value is -1.87. The van der Waals surface area contributed by atoms with E-state index in [2.05, 4.69) is 0 Å². The van der Waals surface area contributed by atoms with Gasteiger partial charge < -0.3 is 0 Å². The Morgan fingerprint density at radius 1 is 1.00 bits per heavy atom. The summed E-state index contributed by atoms with van der Waals surface area (Å²) in [6.07, 6.45) is 0. The van der Waals surface area contributed by atoms with Crippen molar-refractivity contribution in [3.8, 4) is 11.1 Å². The lowest BCUT2D eigenvalue weighted by molar-refractivity contribution is -0.384. The molecule has 0 N–H and O–H groups in total. The lowest BCUT2D eigenvalue weighted by atomic mass is 10.1. The molecule has 0 atom stereocenters. The topological polar surface area (TPSA) is 43.1 Å². The summed E-state index contributed by atoms with van der Waals surface area (Å²) in [6.45, 7) is 0. The first-order valence-corrected chi connectivity index (χ1v) is 5.05. The van der Waals surface area contributed by atoms with E-state index < -0.39 is 4.92 Å². The molecule has 80 valence electrons. The van der Waals surface area contributed by atoms with Crippen molar-refractivity contribution in [2.75, 3.05) is 0 Å². The minimum Gasteiger partial charge on any atom is -0.258 e. The molecule has 2 rings (SSSR count). The second-order valence-electron chi connectivity index (χ2n) is 3.32. The zero-order valence-corrected chi connectivity index (χ0v) is 9.02. The van der Waals surface area contributed by atoms with Gasteiger partial charge >= 0.3 is 0 Å². The van der Waals surface area contributed by atoms with Crippen LogP contribution in [0.25, 0.3) is 11.1 Å². The van der Waals surface area contributed by atoms with Crippen molar-refractivity contribution in [2.24, 2.45) is 0 Å². The maximum Gasteiger partial charge on any atom is 0.270 e. The largest absolute Gasteiger partial charge is 0.270 e. The summed E-state index contributed by atoms with van der Waals surface area (Å²) in [7, 11) is 0. The molecule has 2 aromatic rings. The fourth-order valence-electron chi connectivity index (χ4n) is 1.47. The number of nitro groups is 1. The molecular formula is C12H8ClNO2. The van der Waals surface area contributed by atoms with E-state index in [1.807, 2.05) is 18.2 Å². The number of hydrogen-bond donors (Lipinski definition) is 0. The summed E-state index contributed by atoms with van der Waals surface area (Å²) in [5, 5.41) is 11.2. The van der Waals surface area contributed by atoms with Crippen molar-refractivity contribution in [3.05, 3.63) is 63.7 Å². The molecule has 0 unspecified atom stereocenters. The third kappa shape index (κ3) is 2.20. The Labute approximate surface area is 97.4 Å². The average Bonchev–Trinajstić information content (AvgIpc) is 2.29. The maximum atomic E-state index is 10.6. The van der Waals surface area contributed by atoms with Crippen molar-refractivity contribution in [3.63, 3.8) is 0 Å². The fourth-order valence-corrected chi connectivity index (χ4v) is 1.66. The Morgan fingerprint density at radius 3 is 2.25 bits per heavy atom. The molecule has 0 aromatic heterocycles. The zero-order valence-electron chi connectivity index (χ0n) is 8.26. The van der Waals surface area contributed by atoms with Crippen LogP contribution in [0, 0.1) is 10.1 Å². The highest BCUT2D eigenvalue weighted by Gasteiger charge is 2.06. The van der Waals surface area contributed by atoms with Gasteiger partial charge in [-0.15, -0.1) is 0 Å². The molecule has 16 heavy (non-hydrogen) atoms. The molecule has 2 aromatic carbocycles. The predicted octanol–water partition coefficient (Wildman–Crippen LogP) is 3.92. The first kappa shape index (κ1) is 10.6. The minimum atomic E-state index is -0.409. The van der Waals surface area contributed by atoms with Crippen molar-refractivity contribution in [2.45, 2.75) is 0 Å². The zero-order chi connectivity index (χ0) is 11.5. The van der Waals surface area contributed by atoms with Crippen molar-refractivity contribution < 1.29 is 4.92 Å². The van der Waals surface area contributed by atoms with Crippen molar-refractivity contribution in [1.29, 1.82) is 0 Å². The first-order valence-electron chi connectivity index (χ1n) is 4.67. The van der Waals surface area contributed by atoms with Crippen LogP contribution in [0.1, 0.15) is 0 Å². The van der Waals surface area contributed by atoms with E-state index >= 15 is 0 Å². The molecule has 0 fully saturated rings. The molecule has 0 saturated carbocycles. The van der Waals surface area contributed by atoms with Gasteiger partial charge in [-0.1, -0.05) is 35.9 Å². The molecule has 0 aliphatic carbocycles. The molecule has 4 heteroatoms. The van der Waals surface area contributed by atoms with Crippen LogP contribution in [0.2, 0.25) is 5.02 Å². The summed E-state index contributed by atoms with van der Waals surface area (Å²) < 4.78 is 0. The van der Waals surface area contributed by atoms with Crippen LogP contribution in [0.5, 0.6) is 0 Å². The Morgan fingerprint density at radius 2 is 1.62 bits per heavy atom. The smallest absolute Gasteiger partial charge is 0.258 e. The summed E-state index contributed by atoms with van der Waals surface area (Å²) in [5.41, 5.74) is 1.74. The third-order valence-electron chi connectivity index (χ3n) is 2.21. The number of nitrogens with zero attached hydrogens (tertiary/aromatic N) is 1. The predicted molar refractivity (Wildman–Crippen MR) is 63.5 cm³/mol. The number of nitro benzene ring substituents is 1. The Bertz CT molecular complexity index is 540. The van der Waals surface area contributed by atoms with Gasteiger partial charge in [0.1, 0.15) is 0 Å². The van der Waals surface area contributed by atoms with Crippen molar-refractivity contribution >= 4 is 17.3 Å². The quantitative estimate of drug-likeness (QED) is 0.583. The van der Waals surface area contributed by atoms with Crippen LogP contribution in [-0.4, -0.2) is 4.92 Å². The van der Waals surface area contributed by atoms with Crippen LogP contribution in [-0.2, 0) is 0 Å². The standard InChI is InChI=1S/C12H8ClNO2/c13-11-5-1-3-9(7-11)10-4-2-6-12(8-10)14(15)16/h1-8H. The van der Waals surface area contributed by atoms with Gasteiger partial charge in [-0.2, -0.15) is 0 Å². The normalized spacial score (nSPS) is 10.1. The summed E-state index contributed by atoms with van der Waals surface area (Å²) in [4.78, 5) is 10.2. The molecule has 0 heterocycles. The van der Waals surface area contributed by atoms with Gasteiger partial charge in [0.15, 0.2) is 0 Å². The molecule has 0 aliphatic rings. The Kier molecular flexibility index (Phi) is 2.88. The highest BCUT2D eigenvalue weighted by Crippen LogP contribution is 2.25. The van der Waals surface area contributed by atoms with E-state index in [0.717, 1.165) is 11.1 Å². The van der Waals surface area contributed by atoms with E-state index in [4.69, 9.17) is 11.6 Å². The SMILES string of the molecule is O=[N+]([O-])c1cccc(-c2cccc(Cl)c2)c1. The Balaban J connectivity index is 2.48. The molecule has 0 spiro atoms. The van der Waals surface area contributed by atoms with Gasteiger partial charge in [-0.25, -0.2) is 0 Å². The van der Waals surface area contributed by atoms with E-state index in [1.54, 1.807) is 18.2 Å². The molecule has 0 amide bonds. The van der Waals surface area contributed by atoms with E-state index in [0.29, 0.717) is 5.02 Å². The van der Waals surface area contributed by atoms with Gasteiger partial charge in [-0.3, -0.25) is 10.1 Å². The van der Waals surface area contributed by atoms with E-state index in [9.17, 15) is 10.1 Å². The van der Waals surface area contributed by atoms with E-state index in [-0.39, 0.29) is 5.69 Å². The molecular weight excluding hydrogens is 226 g/mol. The number of benzene rings is 2. The highest BCUT2D eigenvalue weighted by molar-refractivity contribution is 6.30. The summed E-state index contributed by atoms with van der Waals surface area (Å²) in [6, 6.07) is 13.7. The van der Waals surface area contributed by atoms with Crippen LogP contribution in [0.4, 0.5) is 5.69 Å². The highest BCUT2D eigenvalue weighted by atomic mass is 35.5. The maximum absolute atomic E-state index is 10.6. The molecule has 0 aliphatic heterocycles. The van der Waals surface area contributed by atoms with Crippen molar-refractivity contribution in [1.82, 2.24) is 0 Å². The lowest BCUT2D eigenvalue weighted by Crippen LogP contribution is -1.87. The van der Waals surface area contributed by atoms with Gasteiger partial charge in [0.05, 0.1) is 4.92 Å². The molecule has 0 radical (unpaired) electrons. The number of hydrogen-bond acceptors (Lipinski definition) is 2. The van der Waals surface area contributed by atoms with Crippen LogP contribution < -0.4 is 0 Å². The second-order valence-corrected chi connectivity index (χ2v) is 3.75. The fraction of sp³-hybridized carbons (Fsp3) is 0. The van der Waals surface area contributed by atoms with Crippen LogP contribution >= 0.6 is 11.6 Å². The summed E-state index contributed by atoms with van der Waals surface area (Å²) in [5.74, 6) is 0. The number of halogens is 1. The van der Waals surface area contributed by atoms with E-state index in [1.165, 1.54) is 12.1 Å². The van der Waals surface area contributed by atoms with Crippen LogP contribution in [0.3, 0.4) is 0 Å². The van der Waals surface area contributed by atoms with Gasteiger partial charge in [0, 0.05) is 17.2 Å². The monoisotopic (exact) mass is 233 g/mol. The van der Waals surface area contributed by atoms with Gasteiger partial charge in [0.25, 0.3) is 5.69 Å². The lowest BCUT2D eigenvalue weighted by Gasteiger charge is -2.01. The molecule has 3 nitrogen and oxygen atoms in total. The number of non-ortho nitro benzene ring substituents is 1. The third-order valence-corrected chi connectivity index (χ3v) is 2.45. The number of rotatable bonds is 2. The van der Waals surface area contributed by atoms with Gasteiger partial charge in [0.2, 0.25) is 0 Å². The molecule has 0 saturated heterocycles. The first-order chi connectivity index (χ1) is 7.66. The molecule has 0 bridgehead atoms. The summed E-state index contributed by atoms with van der Waals surface area (Å²) >= 11 is 5.86. The second kappa shape index (κ2) is 4.33. The van der Waals surface area contributed by atoms with Gasteiger partial charge in [-0.05, 0) is 23.3 Å².